The van der Waals surface area contributed by atoms with E-state index in [0.717, 1.165) is 23.6 Å². The van der Waals surface area contributed by atoms with Crippen LogP contribution in [0.1, 0.15) is 37.6 Å². The molecule has 1 heterocycles. The van der Waals surface area contributed by atoms with E-state index in [4.69, 9.17) is 4.74 Å². The number of hydrogen-bond donors (Lipinski definition) is 1. The second-order valence-corrected chi connectivity index (χ2v) is 6.44. The monoisotopic (exact) mass is 284 g/mol. The Morgan fingerprint density at radius 2 is 1.86 bits per heavy atom. The largest absolute Gasteiger partial charge is 0.439 e. The van der Waals surface area contributed by atoms with Crippen molar-refractivity contribution in [2.75, 3.05) is 0 Å². The molecule has 0 saturated carbocycles. The molecule has 21 heavy (non-hydrogen) atoms. The average molecular weight is 284 g/mol. The van der Waals surface area contributed by atoms with Crippen molar-refractivity contribution in [1.29, 1.82) is 0 Å². The van der Waals surface area contributed by atoms with Crippen molar-refractivity contribution in [2.45, 2.75) is 46.7 Å². The summed E-state index contributed by atoms with van der Waals surface area (Å²) in [7, 11) is 0. The molecule has 0 aliphatic carbocycles. The van der Waals surface area contributed by atoms with Crippen LogP contribution in [0.2, 0.25) is 0 Å². The van der Waals surface area contributed by atoms with Gasteiger partial charge in [0.1, 0.15) is 5.75 Å². The molecule has 0 unspecified atom stereocenters. The summed E-state index contributed by atoms with van der Waals surface area (Å²) in [4.78, 5) is 4.56. The number of aromatic nitrogens is 1. The molecule has 2 aromatic rings. The Morgan fingerprint density at radius 3 is 2.57 bits per heavy atom. The summed E-state index contributed by atoms with van der Waals surface area (Å²) in [6.45, 7) is 11.3. The first kappa shape index (κ1) is 15.5. The summed E-state index contributed by atoms with van der Waals surface area (Å²) in [6, 6.07) is 12.1. The molecule has 2 rings (SSSR count). The fourth-order valence-corrected chi connectivity index (χ4v) is 1.90. The molecule has 1 N–H and O–H groups in total. The summed E-state index contributed by atoms with van der Waals surface area (Å²) >= 11 is 0. The minimum atomic E-state index is 0.0751. The van der Waals surface area contributed by atoms with Crippen LogP contribution >= 0.6 is 0 Å². The number of aryl methyl sites for hydroxylation is 2. The Hall–Kier alpha value is -1.87. The predicted octanol–water partition coefficient (Wildman–Crippen LogP) is 4.38. The second kappa shape index (κ2) is 6.27. The smallest absolute Gasteiger partial charge is 0.219 e. The van der Waals surface area contributed by atoms with Gasteiger partial charge in [-0.1, -0.05) is 18.2 Å². The highest BCUT2D eigenvalue weighted by molar-refractivity contribution is 5.38. The van der Waals surface area contributed by atoms with E-state index in [1.807, 2.05) is 31.2 Å². The van der Waals surface area contributed by atoms with Crippen molar-refractivity contribution in [3.63, 3.8) is 0 Å². The molecular weight excluding hydrogens is 260 g/mol. The highest BCUT2D eigenvalue weighted by atomic mass is 16.5. The van der Waals surface area contributed by atoms with Crippen molar-refractivity contribution >= 4 is 0 Å². The van der Waals surface area contributed by atoms with Gasteiger partial charge in [0.05, 0.1) is 5.69 Å². The first-order valence-electron chi connectivity index (χ1n) is 7.29. The molecule has 3 heteroatoms. The number of hydrogen-bond acceptors (Lipinski definition) is 3. The third-order valence-corrected chi connectivity index (χ3v) is 3.14. The van der Waals surface area contributed by atoms with Crippen molar-refractivity contribution in [1.82, 2.24) is 10.3 Å². The van der Waals surface area contributed by atoms with E-state index < -0.39 is 0 Å². The third-order valence-electron chi connectivity index (χ3n) is 3.14. The molecule has 0 saturated heterocycles. The molecule has 0 bridgehead atoms. The van der Waals surface area contributed by atoms with E-state index in [1.54, 1.807) is 0 Å². The topological polar surface area (TPSA) is 34.1 Å². The summed E-state index contributed by atoms with van der Waals surface area (Å²) in [6.07, 6.45) is 0. The maximum absolute atomic E-state index is 5.92. The van der Waals surface area contributed by atoms with E-state index in [-0.39, 0.29) is 5.54 Å². The van der Waals surface area contributed by atoms with Gasteiger partial charge in [0.2, 0.25) is 5.88 Å². The molecule has 1 aromatic heterocycles. The summed E-state index contributed by atoms with van der Waals surface area (Å²) in [5.41, 5.74) is 3.35. The quantitative estimate of drug-likeness (QED) is 0.904. The normalized spacial score (nSPS) is 11.5. The molecule has 0 amide bonds. The standard InChI is InChI=1S/C18H24N2O/c1-13-9-10-14(2)16(11-13)21-17-8-6-7-15(20-17)12-19-18(3,4)5/h6-11,19H,12H2,1-5H3. The van der Waals surface area contributed by atoms with Crippen LogP contribution in [0.5, 0.6) is 11.6 Å². The number of benzene rings is 1. The lowest BCUT2D eigenvalue weighted by Gasteiger charge is -2.20. The van der Waals surface area contributed by atoms with Gasteiger partial charge in [0.15, 0.2) is 0 Å². The Morgan fingerprint density at radius 1 is 1.10 bits per heavy atom. The van der Waals surface area contributed by atoms with E-state index >= 15 is 0 Å². The summed E-state index contributed by atoms with van der Waals surface area (Å²) in [5.74, 6) is 1.50. The van der Waals surface area contributed by atoms with Gasteiger partial charge >= 0.3 is 0 Å². The van der Waals surface area contributed by atoms with Crippen LogP contribution in [0.15, 0.2) is 36.4 Å². The number of nitrogens with zero attached hydrogens (tertiary/aromatic N) is 1. The van der Waals surface area contributed by atoms with Gasteiger partial charge in [-0.2, -0.15) is 0 Å². The van der Waals surface area contributed by atoms with Gasteiger partial charge < -0.3 is 10.1 Å². The maximum Gasteiger partial charge on any atom is 0.219 e. The lowest BCUT2D eigenvalue weighted by atomic mass is 10.1. The third kappa shape index (κ3) is 4.87. The van der Waals surface area contributed by atoms with Crippen LogP contribution in [0.4, 0.5) is 0 Å². The summed E-state index contributed by atoms with van der Waals surface area (Å²) < 4.78 is 5.92. The molecule has 0 atom stereocenters. The molecule has 0 aliphatic heterocycles. The van der Waals surface area contributed by atoms with Crippen molar-refractivity contribution in [3.8, 4) is 11.6 Å². The van der Waals surface area contributed by atoms with Gasteiger partial charge in [0.25, 0.3) is 0 Å². The molecule has 0 radical (unpaired) electrons. The highest BCUT2D eigenvalue weighted by Crippen LogP contribution is 2.24. The zero-order chi connectivity index (χ0) is 15.5. The summed E-state index contributed by atoms with van der Waals surface area (Å²) in [5, 5.41) is 3.43. The fraction of sp³-hybridized carbons (Fsp3) is 0.389. The molecule has 0 fully saturated rings. The molecular formula is C18H24N2O. The maximum atomic E-state index is 5.92. The number of pyridine rings is 1. The van der Waals surface area contributed by atoms with Crippen LogP contribution < -0.4 is 10.1 Å². The van der Waals surface area contributed by atoms with Crippen LogP contribution in [0.3, 0.4) is 0 Å². The Bertz CT molecular complexity index is 615. The van der Waals surface area contributed by atoms with Crippen molar-refractivity contribution in [3.05, 3.63) is 53.2 Å². The van der Waals surface area contributed by atoms with Gasteiger partial charge in [-0.15, -0.1) is 0 Å². The molecule has 112 valence electrons. The van der Waals surface area contributed by atoms with Crippen LogP contribution in [0, 0.1) is 13.8 Å². The van der Waals surface area contributed by atoms with Crippen LogP contribution in [-0.4, -0.2) is 10.5 Å². The number of nitrogens with one attached hydrogen (secondary N) is 1. The van der Waals surface area contributed by atoms with E-state index in [1.165, 1.54) is 5.56 Å². The lowest BCUT2D eigenvalue weighted by molar-refractivity contribution is 0.415. The van der Waals surface area contributed by atoms with Crippen LogP contribution in [0.25, 0.3) is 0 Å². The van der Waals surface area contributed by atoms with E-state index in [9.17, 15) is 0 Å². The molecule has 0 aliphatic rings. The van der Waals surface area contributed by atoms with E-state index in [0.29, 0.717) is 5.88 Å². The Labute approximate surface area is 127 Å². The van der Waals surface area contributed by atoms with Gasteiger partial charge in [-0.05, 0) is 57.9 Å². The average Bonchev–Trinajstić information content (AvgIpc) is 2.40. The second-order valence-electron chi connectivity index (χ2n) is 6.44. The van der Waals surface area contributed by atoms with Crippen molar-refractivity contribution in [2.24, 2.45) is 0 Å². The predicted molar refractivity (Wildman–Crippen MR) is 86.8 cm³/mol. The van der Waals surface area contributed by atoms with Gasteiger partial charge in [-0.25, -0.2) is 4.98 Å². The van der Waals surface area contributed by atoms with Gasteiger partial charge in [0, 0.05) is 18.2 Å². The zero-order valence-corrected chi connectivity index (χ0v) is 13.5. The zero-order valence-electron chi connectivity index (χ0n) is 13.5. The lowest BCUT2D eigenvalue weighted by Crippen LogP contribution is -2.35. The highest BCUT2D eigenvalue weighted by Gasteiger charge is 2.09. The number of rotatable bonds is 4. The van der Waals surface area contributed by atoms with Gasteiger partial charge in [-0.3, -0.25) is 0 Å². The first-order chi connectivity index (χ1) is 9.83. The minimum Gasteiger partial charge on any atom is -0.439 e. The minimum absolute atomic E-state index is 0.0751. The van der Waals surface area contributed by atoms with Crippen molar-refractivity contribution < 1.29 is 4.74 Å². The molecule has 3 nitrogen and oxygen atoms in total. The SMILES string of the molecule is Cc1ccc(C)c(Oc2cccc(CNC(C)(C)C)n2)c1. The Balaban J connectivity index is 2.12. The molecule has 1 aromatic carbocycles. The first-order valence-corrected chi connectivity index (χ1v) is 7.29. The fourth-order valence-electron chi connectivity index (χ4n) is 1.90. The Kier molecular flexibility index (Phi) is 4.63. The van der Waals surface area contributed by atoms with Crippen LogP contribution in [-0.2, 0) is 6.54 Å². The number of ether oxygens (including phenoxy) is 1. The molecule has 0 spiro atoms. The van der Waals surface area contributed by atoms with E-state index in [2.05, 4.69) is 50.1 Å².